The molecular weight excluding hydrogens is 458 g/mol. The Bertz CT molecular complexity index is 1240. The van der Waals surface area contributed by atoms with Crippen LogP contribution in [0.5, 0.6) is 11.5 Å². The van der Waals surface area contributed by atoms with E-state index in [1.54, 1.807) is 35.2 Å². The van der Waals surface area contributed by atoms with Crippen molar-refractivity contribution in [3.05, 3.63) is 42.0 Å². The van der Waals surface area contributed by atoms with E-state index >= 15 is 0 Å². The van der Waals surface area contributed by atoms with Crippen LogP contribution in [0.1, 0.15) is 31.2 Å². The molecule has 0 aromatic heterocycles. The van der Waals surface area contributed by atoms with Gasteiger partial charge in [-0.2, -0.15) is 4.31 Å². The van der Waals surface area contributed by atoms with Crippen LogP contribution in [0.15, 0.2) is 41.3 Å². The molecule has 2 aromatic rings. The van der Waals surface area contributed by atoms with Crippen molar-refractivity contribution in [2.24, 2.45) is 5.92 Å². The summed E-state index contributed by atoms with van der Waals surface area (Å²) in [6.45, 7) is 3.21. The minimum Gasteiger partial charge on any atom is -0.454 e. The molecule has 180 valence electrons. The molecule has 1 unspecified atom stereocenters. The summed E-state index contributed by atoms with van der Waals surface area (Å²) < 4.78 is 38.3. The zero-order valence-corrected chi connectivity index (χ0v) is 19.8. The lowest BCUT2D eigenvalue weighted by Crippen LogP contribution is -2.35. The SMILES string of the molecule is Cc1ccc(S(=O)(=O)N2CCCCC2)cc1NC(=O)C1CC(=O)N(c2ccc3c(c2)OCO3)C1. The van der Waals surface area contributed by atoms with Crippen LogP contribution in [0, 0.1) is 12.8 Å². The molecule has 3 heterocycles. The van der Waals surface area contributed by atoms with Crippen LogP contribution in [0.3, 0.4) is 0 Å². The molecule has 5 rings (SSSR count). The zero-order chi connectivity index (χ0) is 23.9. The minimum atomic E-state index is -3.62. The first-order chi connectivity index (χ1) is 16.3. The number of ether oxygens (including phenoxy) is 2. The van der Waals surface area contributed by atoms with Gasteiger partial charge in [0.1, 0.15) is 0 Å². The van der Waals surface area contributed by atoms with Crippen LogP contribution < -0.4 is 19.7 Å². The van der Waals surface area contributed by atoms with Gasteiger partial charge >= 0.3 is 0 Å². The van der Waals surface area contributed by atoms with Gasteiger partial charge in [0.25, 0.3) is 0 Å². The Balaban J connectivity index is 1.31. The second-order valence-electron chi connectivity index (χ2n) is 8.87. The van der Waals surface area contributed by atoms with E-state index in [4.69, 9.17) is 9.47 Å². The molecule has 1 N–H and O–H groups in total. The van der Waals surface area contributed by atoms with Crippen LogP contribution in [0.4, 0.5) is 11.4 Å². The standard InChI is InChI=1S/C24H27N3O6S/c1-16-5-7-19(34(30,31)26-9-3-2-4-10-26)13-20(16)25-24(29)17-11-23(28)27(14-17)18-6-8-21-22(12-18)33-15-32-21/h5-8,12-13,17H,2-4,9-11,14-15H2,1H3,(H,25,29). The number of rotatable bonds is 5. The van der Waals surface area contributed by atoms with Gasteiger partial charge in [-0.1, -0.05) is 12.5 Å². The number of hydrogen-bond acceptors (Lipinski definition) is 6. The molecule has 1 atom stereocenters. The number of benzene rings is 2. The summed E-state index contributed by atoms with van der Waals surface area (Å²) in [4.78, 5) is 27.4. The average Bonchev–Trinajstić information content (AvgIpc) is 3.47. The van der Waals surface area contributed by atoms with Crippen LogP contribution in [-0.4, -0.2) is 51.0 Å². The number of piperidine rings is 1. The van der Waals surface area contributed by atoms with Gasteiger partial charge in [0.2, 0.25) is 28.6 Å². The molecule has 2 saturated heterocycles. The highest BCUT2D eigenvalue weighted by molar-refractivity contribution is 7.89. The van der Waals surface area contributed by atoms with E-state index in [9.17, 15) is 18.0 Å². The van der Waals surface area contributed by atoms with Gasteiger partial charge in [0.05, 0.1) is 10.8 Å². The van der Waals surface area contributed by atoms with Gasteiger partial charge in [-0.25, -0.2) is 8.42 Å². The van der Waals surface area contributed by atoms with Crippen molar-refractivity contribution in [2.75, 3.05) is 36.6 Å². The summed E-state index contributed by atoms with van der Waals surface area (Å²) in [6, 6.07) is 10.0. The molecule has 9 nitrogen and oxygen atoms in total. The number of carbonyl (C=O) groups is 2. The molecule has 0 saturated carbocycles. The van der Waals surface area contributed by atoms with Gasteiger partial charge in [0, 0.05) is 43.5 Å². The monoisotopic (exact) mass is 485 g/mol. The fourth-order valence-corrected chi connectivity index (χ4v) is 6.12. The minimum absolute atomic E-state index is 0.0745. The van der Waals surface area contributed by atoms with Gasteiger partial charge in [0.15, 0.2) is 11.5 Å². The second kappa shape index (κ2) is 8.92. The Morgan fingerprint density at radius 1 is 1.03 bits per heavy atom. The summed E-state index contributed by atoms with van der Waals surface area (Å²) >= 11 is 0. The number of carbonyl (C=O) groups excluding carboxylic acids is 2. The molecule has 0 spiro atoms. The van der Waals surface area contributed by atoms with E-state index in [0.29, 0.717) is 36.0 Å². The molecule has 2 aromatic carbocycles. The Hall–Kier alpha value is -3.11. The predicted molar refractivity (Wildman–Crippen MR) is 125 cm³/mol. The number of anilines is 2. The maximum absolute atomic E-state index is 13.1. The molecule has 0 bridgehead atoms. The normalized spacial score (nSPS) is 20.6. The lowest BCUT2D eigenvalue weighted by atomic mass is 10.1. The quantitative estimate of drug-likeness (QED) is 0.698. The fourth-order valence-electron chi connectivity index (χ4n) is 4.57. The van der Waals surface area contributed by atoms with Crippen molar-refractivity contribution < 1.29 is 27.5 Å². The second-order valence-corrected chi connectivity index (χ2v) is 10.8. The van der Waals surface area contributed by atoms with E-state index in [1.807, 2.05) is 6.92 Å². The van der Waals surface area contributed by atoms with Crippen molar-refractivity contribution in [1.82, 2.24) is 4.31 Å². The first kappa shape index (κ1) is 22.7. The highest BCUT2D eigenvalue weighted by Gasteiger charge is 2.36. The van der Waals surface area contributed by atoms with Crippen molar-refractivity contribution in [3.63, 3.8) is 0 Å². The summed E-state index contributed by atoms with van der Waals surface area (Å²) in [5.74, 6) is 0.171. The first-order valence-corrected chi connectivity index (χ1v) is 12.9. The summed E-state index contributed by atoms with van der Waals surface area (Å²) in [5.41, 5.74) is 1.84. The van der Waals surface area contributed by atoms with Crippen molar-refractivity contribution in [1.29, 1.82) is 0 Å². The van der Waals surface area contributed by atoms with Gasteiger partial charge in [-0.05, 0) is 49.6 Å². The smallest absolute Gasteiger partial charge is 0.243 e. The Morgan fingerprint density at radius 2 is 1.79 bits per heavy atom. The third-order valence-electron chi connectivity index (χ3n) is 6.58. The molecular formula is C24H27N3O6S. The molecule has 0 radical (unpaired) electrons. The number of amides is 2. The lowest BCUT2D eigenvalue weighted by molar-refractivity contribution is -0.122. The van der Waals surface area contributed by atoms with Crippen LogP contribution in [-0.2, 0) is 19.6 Å². The van der Waals surface area contributed by atoms with E-state index in [-0.39, 0.29) is 36.5 Å². The predicted octanol–water partition coefficient (Wildman–Crippen LogP) is 2.89. The first-order valence-electron chi connectivity index (χ1n) is 11.4. The highest BCUT2D eigenvalue weighted by atomic mass is 32.2. The maximum Gasteiger partial charge on any atom is 0.243 e. The van der Waals surface area contributed by atoms with Crippen molar-refractivity contribution in [3.8, 4) is 11.5 Å². The molecule has 3 aliphatic heterocycles. The van der Waals surface area contributed by atoms with Crippen molar-refractivity contribution in [2.45, 2.75) is 37.5 Å². The summed E-state index contributed by atoms with van der Waals surface area (Å²) in [6.07, 6.45) is 2.81. The third-order valence-corrected chi connectivity index (χ3v) is 8.48. The average molecular weight is 486 g/mol. The summed E-state index contributed by atoms with van der Waals surface area (Å²) in [5, 5.41) is 2.86. The highest BCUT2D eigenvalue weighted by Crippen LogP contribution is 2.37. The molecule has 2 amide bonds. The summed E-state index contributed by atoms with van der Waals surface area (Å²) in [7, 11) is -3.62. The van der Waals surface area contributed by atoms with E-state index in [0.717, 1.165) is 24.8 Å². The molecule has 3 aliphatic rings. The van der Waals surface area contributed by atoms with Crippen LogP contribution in [0.25, 0.3) is 0 Å². The van der Waals surface area contributed by atoms with Gasteiger partial charge in [-0.3, -0.25) is 9.59 Å². The number of aryl methyl sites for hydroxylation is 1. The number of sulfonamides is 1. The fraction of sp³-hybridized carbons (Fsp3) is 0.417. The Morgan fingerprint density at radius 3 is 2.59 bits per heavy atom. The van der Waals surface area contributed by atoms with E-state index < -0.39 is 15.9 Å². The largest absolute Gasteiger partial charge is 0.454 e. The zero-order valence-electron chi connectivity index (χ0n) is 19.0. The molecule has 34 heavy (non-hydrogen) atoms. The number of nitrogens with zero attached hydrogens (tertiary/aromatic N) is 2. The van der Waals surface area contributed by atoms with Gasteiger partial charge < -0.3 is 19.7 Å². The number of fused-ring (bicyclic) bond motifs is 1. The third kappa shape index (κ3) is 4.23. The van der Waals surface area contributed by atoms with Crippen LogP contribution >= 0.6 is 0 Å². The Labute approximate surface area is 198 Å². The van der Waals surface area contributed by atoms with E-state index in [1.165, 1.54) is 10.4 Å². The molecule has 10 heteroatoms. The Kier molecular flexibility index (Phi) is 5.95. The molecule has 2 fully saturated rings. The lowest BCUT2D eigenvalue weighted by Gasteiger charge is -2.26. The topological polar surface area (TPSA) is 105 Å². The maximum atomic E-state index is 13.1. The van der Waals surface area contributed by atoms with E-state index in [2.05, 4.69) is 5.32 Å². The van der Waals surface area contributed by atoms with Gasteiger partial charge in [-0.15, -0.1) is 0 Å². The van der Waals surface area contributed by atoms with Crippen LogP contribution in [0.2, 0.25) is 0 Å². The molecule has 0 aliphatic carbocycles. The number of hydrogen-bond donors (Lipinski definition) is 1. The number of nitrogens with one attached hydrogen (secondary N) is 1. The van der Waals surface area contributed by atoms with Crippen molar-refractivity contribution >= 4 is 33.2 Å².